The van der Waals surface area contributed by atoms with E-state index in [4.69, 9.17) is 11.6 Å². The van der Waals surface area contributed by atoms with Gasteiger partial charge in [-0.3, -0.25) is 4.79 Å². The van der Waals surface area contributed by atoms with Gasteiger partial charge in [-0.25, -0.2) is 4.99 Å². The van der Waals surface area contributed by atoms with Crippen LogP contribution in [0.25, 0.3) is 6.08 Å². The van der Waals surface area contributed by atoms with Gasteiger partial charge < -0.3 is 10.4 Å². The average molecular weight is 373 g/mol. The van der Waals surface area contributed by atoms with Gasteiger partial charge in [0.15, 0.2) is 5.17 Å². The minimum Gasteiger partial charge on any atom is -0.507 e. The maximum absolute atomic E-state index is 12.2. The van der Waals surface area contributed by atoms with Gasteiger partial charge >= 0.3 is 0 Å². The van der Waals surface area contributed by atoms with Crippen LogP contribution in [0.1, 0.15) is 22.3 Å². The van der Waals surface area contributed by atoms with E-state index < -0.39 is 0 Å². The number of rotatable bonds is 2. The number of aryl methyl sites for hydroxylation is 2. The monoisotopic (exact) mass is 372 g/mol. The molecule has 0 aromatic heterocycles. The van der Waals surface area contributed by atoms with Crippen LogP contribution < -0.4 is 5.32 Å². The molecule has 3 rings (SSSR count). The molecule has 1 amide bonds. The quantitative estimate of drug-likeness (QED) is 0.740. The second-order valence-electron chi connectivity index (χ2n) is 5.87. The topological polar surface area (TPSA) is 61.7 Å². The summed E-state index contributed by atoms with van der Waals surface area (Å²) in [6.07, 6.45) is 1.80. The third kappa shape index (κ3) is 3.72. The van der Waals surface area contributed by atoms with Crippen molar-refractivity contribution in [3.63, 3.8) is 0 Å². The van der Waals surface area contributed by atoms with Crippen LogP contribution >= 0.6 is 23.4 Å². The third-order valence-corrected chi connectivity index (χ3v) is 5.24. The minimum atomic E-state index is -0.188. The van der Waals surface area contributed by atoms with Crippen LogP contribution in [0, 0.1) is 20.8 Å². The molecule has 1 heterocycles. The second-order valence-corrected chi connectivity index (χ2v) is 7.31. The first-order valence-corrected chi connectivity index (χ1v) is 8.89. The Morgan fingerprint density at radius 1 is 1.20 bits per heavy atom. The molecule has 0 unspecified atom stereocenters. The molecule has 1 saturated heterocycles. The van der Waals surface area contributed by atoms with Gasteiger partial charge in [0.05, 0.1) is 10.6 Å². The molecule has 1 fully saturated rings. The fourth-order valence-corrected chi connectivity index (χ4v) is 3.54. The molecule has 0 saturated carbocycles. The average Bonchev–Trinajstić information content (AvgIpc) is 2.89. The molecule has 4 nitrogen and oxygen atoms in total. The smallest absolute Gasteiger partial charge is 0.264 e. The molecular formula is C19H17ClN2O2S. The summed E-state index contributed by atoms with van der Waals surface area (Å²) >= 11 is 7.39. The van der Waals surface area contributed by atoms with Gasteiger partial charge in [-0.2, -0.15) is 0 Å². The number of aromatic hydroxyl groups is 1. The van der Waals surface area contributed by atoms with E-state index in [2.05, 4.69) is 10.3 Å². The standard InChI is InChI=1S/C19H17ClN2O2S/c1-10-7-13(8-11(2)17(10)23)9-16-18(24)22-19(25-16)21-15-6-4-5-14(20)12(15)3/h4-9,23H,1-3H3,(H,21,22,24). The molecule has 25 heavy (non-hydrogen) atoms. The number of benzene rings is 2. The first-order valence-electron chi connectivity index (χ1n) is 7.70. The van der Waals surface area contributed by atoms with E-state index in [0.29, 0.717) is 15.1 Å². The van der Waals surface area contributed by atoms with E-state index in [1.807, 2.05) is 51.1 Å². The van der Waals surface area contributed by atoms with Crippen molar-refractivity contribution in [2.24, 2.45) is 4.99 Å². The molecule has 2 aromatic carbocycles. The summed E-state index contributed by atoms with van der Waals surface area (Å²) in [5.41, 5.74) is 4.02. The highest BCUT2D eigenvalue weighted by Gasteiger charge is 2.24. The van der Waals surface area contributed by atoms with Crippen molar-refractivity contribution in [3.8, 4) is 5.75 Å². The lowest BCUT2D eigenvalue weighted by molar-refractivity contribution is -0.115. The Hall–Kier alpha value is -2.24. The number of nitrogens with one attached hydrogen (secondary N) is 1. The number of phenols is 1. The molecule has 6 heteroatoms. The molecule has 2 aromatic rings. The lowest BCUT2D eigenvalue weighted by Gasteiger charge is -2.05. The normalized spacial score (nSPS) is 17.4. The predicted molar refractivity (Wildman–Crippen MR) is 105 cm³/mol. The van der Waals surface area contributed by atoms with Crippen molar-refractivity contribution in [1.82, 2.24) is 5.32 Å². The van der Waals surface area contributed by atoms with Crippen LogP contribution in [0.15, 0.2) is 40.2 Å². The summed E-state index contributed by atoms with van der Waals surface area (Å²) in [6, 6.07) is 9.19. The van der Waals surface area contributed by atoms with E-state index in [1.54, 1.807) is 6.08 Å². The number of amides is 1. The zero-order valence-corrected chi connectivity index (χ0v) is 15.6. The van der Waals surface area contributed by atoms with Gasteiger partial charge in [0.2, 0.25) is 0 Å². The number of thioether (sulfide) groups is 1. The van der Waals surface area contributed by atoms with E-state index >= 15 is 0 Å². The molecular weight excluding hydrogens is 356 g/mol. The second kappa shape index (κ2) is 6.94. The number of aliphatic imine (C=N–C) groups is 1. The van der Waals surface area contributed by atoms with Gasteiger partial charge in [0.25, 0.3) is 5.91 Å². The number of phenolic OH excluding ortho intramolecular Hbond substituents is 1. The maximum Gasteiger partial charge on any atom is 0.264 e. The predicted octanol–water partition coefficient (Wildman–Crippen LogP) is 4.86. The number of nitrogens with zero attached hydrogens (tertiary/aromatic N) is 1. The largest absolute Gasteiger partial charge is 0.507 e. The SMILES string of the molecule is Cc1cc(C=C2SC(=Nc3cccc(Cl)c3C)NC2=O)cc(C)c1O. The lowest BCUT2D eigenvalue weighted by Crippen LogP contribution is -2.19. The van der Waals surface area contributed by atoms with Gasteiger partial charge in [0, 0.05) is 5.02 Å². The van der Waals surface area contributed by atoms with Crippen molar-refractivity contribution in [3.05, 3.63) is 62.5 Å². The van der Waals surface area contributed by atoms with Gasteiger partial charge in [-0.1, -0.05) is 17.7 Å². The Kier molecular flexibility index (Phi) is 4.88. The lowest BCUT2D eigenvalue weighted by atomic mass is 10.1. The Balaban J connectivity index is 1.90. The Labute approximate surface area is 155 Å². The number of halogens is 1. The summed E-state index contributed by atoms with van der Waals surface area (Å²) in [5.74, 6) is 0.0937. The Morgan fingerprint density at radius 3 is 2.56 bits per heavy atom. The summed E-state index contributed by atoms with van der Waals surface area (Å²) in [5, 5.41) is 13.8. The summed E-state index contributed by atoms with van der Waals surface area (Å²) in [7, 11) is 0. The summed E-state index contributed by atoms with van der Waals surface area (Å²) in [6.45, 7) is 5.56. The molecule has 2 N–H and O–H groups in total. The number of carbonyl (C=O) groups excluding carboxylic acids is 1. The molecule has 0 atom stereocenters. The van der Waals surface area contributed by atoms with Crippen LogP contribution in [0.2, 0.25) is 5.02 Å². The highest BCUT2D eigenvalue weighted by molar-refractivity contribution is 8.18. The molecule has 0 spiro atoms. The fraction of sp³-hybridized carbons (Fsp3) is 0.158. The highest BCUT2D eigenvalue weighted by atomic mass is 35.5. The molecule has 0 bridgehead atoms. The van der Waals surface area contributed by atoms with Crippen molar-refractivity contribution in [2.45, 2.75) is 20.8 Å². The number of amidine groups is 1. The maximum atomic E-state index is 12.2. The third-order valence-electron chi connectivity index (χ3n) is 3.92. The molecule has 0 aliphatic carbocycles. The van der Waals surface area contributed by atoms with Crippen LogP contribution in [0.3, 0.4) is 0 Å². The van der Waals surface area contributed by atoms with Crippen LogP contribution in [-0.2, 0) is 4.79 Å². The molecule has 1 aliphatic heterocycles. The zero-order chi connectivity index (χ0) is 18.1. The van der Waals surface area contributed by atoms with Gasteiger partial charge in [0.1, 0.15) is 5.75 Å². The molecule has 1 aliphatic rings. The van der Waals surface area contributed by atoms with Crippen LogP contribution in [0.5, 0.6) is 5.75 Å². The number of hydrogen-bond acceptors (Lipinski definition) is 4. The van der Waals surface area contributed by atoms with Crippen molar-refractivity contribution >= 4 is 46.2 Å². The van der Waals surface area contributed by atoms with Crippen molar-refractivity contribution < 1.29 is 9.90 Å². The van der Waals surface area contributed by atoms with Crippen LogP contribution in [-0.4, -0.2) is 16.2 Å². The fourth-order valence-electron chi connectivity index (χ4n) is 2.53. The zero-order valence-electron chi connectivity index (χ0n) is 14.1. The first-order chi connectivity index (χ1) is 11.8. The molecule has 128 valence electrons. The Morgan fingerprint density at radius 2 is 1.88 bits per heavy atom. The van der Waals surface area contributed by atoms with Crippen LogP contribution in [0.4, 0.5) is 5.69 Å². The summed E-state index contributed by atoms with van der Waals surface area (Å²) < 4.78 is 0. The molecule has 0 radical (unpaired) electrons. The van der Waals surface area contributed by atoms with Crippen molar-refractivity contribution in [1.29, 1.82) is 0 Å². The van der Waals surface area contributed by atoms with E-state index in [-0.39, 0.29) is 11.7 Å². The van der Waals surface area contributed by atoms with E-state index in [9.17, 15) is 9.90 Å². The van der Waals surface area contributed by atoms with Gasteiger partial charge in [-0.05, 0) is 85.1 Å². The van der Waals surface area contributed by atoms with E-state index in [1.165, 1.54) is 11.8 Å². The van der Waals surface area contributed by atoms with Crippen molar-refractivity contribution in [2.75, 3.05) is 0 Å². The summed E-state index contributed by atoms with van der Waals surface area (Å²) in [4.78, 5) is 17.3. The number of hydrogen-bond donors (Lipinski definition) is 2. The first kappa shape index (κ1) is 17.6. The minimum absolute atomic E-state index is 0.188. The van der Waals surface area contributed by atoms with Gasteiger partial charge in [-0.15, -0.1) is 0 Å². The highest BCUT2D eigenvalue weighted by Crippen LogP contribution is 2.32. The van der Waals surface area contributed by atoms with E-state index in [0.717, 1.165) is 27.9 Å². The Bertz CT molecular complexity index is 912. The number of carbonyl (C=O) groups is 1.